The molecule has 0 N–H and O–H groups in total. The highest BCUT2D eigenvalue weighted by Crippen LogP contribution is 2.38. The van der Waals surface area contributed by atoms with E-state index < -0.39 is 11.1 Å². The zero-order chi connectivity index (χ0) is 21.0. The molecule has 0 atom stereocenters. The van der Waals surface area contributed by atoms with Crippen LogP contribution in [0.15, 0.2) is 17.0 Å². The van der Waals surface area contributed by atoms with Crippen molar-refractivity contribution in [2.24, 2.45) is 0 Å². The molecule has 0 aliphatic carbocycles. The minimum Gasteiger partial charge on any atom is -0.491 e. The Morgan fingerprint density at radius 1 is 1.24 bits per heavy atom. The Morgan fingerprint density at radius 3 is 2.62 bits per heavy atom. The molecule has 0 saturated carbocycles. The monoisotopic (exact) mass is 438 g/mol. The Bertz CT molecular complexity index is 852. The van der Waals surface area contributed by atoms with E-state index in [1.807, 2.05) is 6.92 Å². The minimum absolute atomic E-state index is 0.195. The zero-order valence-corrected chi connectivity index (χ0v) is 18.0. The van der Waals surface area contributed by atoms with Gasteiger partial charge in [0.05, 0.1) is 23.6 Å². The number of benzene rings is 1. The number of ether oxygens (including phenoxy) is 2. The van der Waals surface area contributed by atoms with Gasteiger partial charge in [-0.15, -0.1) is 0 Å². The minimum atomic E-state index is -0.477. The van der Waals surface area contributed by atoms with E-state index >= 15 is 0 Å². The van der Waals surface area contributed by atoms with E-state index in [0.29, 0.717) is 41.8 Å². The lowest BCUT2D eigenvalue weighted by Gasteiger charge is -2.27. The Hall–Kier alpha value is -2.19. The third-order valence-electron chi connectivity index (χ3n) is 4.71. The molecule has 0 bridgehead atoms. The lowest BCUT2D eigenvalue weighted by atomic mass is 10.1. The fourth-order valence-corrected chi connectivity index (χ4v) is 4.43. The van der Waals surface area contributed by atoms with Crippen molar-refractivity contribution >= 4 is 46.5 Å². The van der Waals surface area contributed by atoms with Crippen molar-refractivity contribution < 1.29 is 23.9 Å². The zero-order valence-electron chi connectivity index (χ0n) is 16.4. The van der Waals surface area contributed by atoms with Gasteiger partial charge >= 0.3 is 0 Å². The number of carbonyl (C=O) groups excluding carboxylic acids is 3. The first kappa shape index (κ1) is 21.5. The molecule has 156 valence electrons. The molecule has 29 heavy (non-hydrogen) atoms. The number of rotatable bonds is 6. The highest BCUT2D eigenvalue weighted by atomic mass is 35.5. The van der Waals surface area contributed by atoms with E-state index in [0.717, 1.165) is 35.9 Å². The van der Waals surface area contributed by atoms with Crippen LogP contribution >= 0.6 is 23.4 Å². The molecule has 3 rings (SSSR count). The van der Waals surface area contributed by atoms with Gasteiger partial charge in [0.15, 0.2) is 11.5 Å². The largest absolute Gasteiger partial charge is 0.491 e. The number of hydrogen-bond acceptors (Lipinski definition) is 6. The predicted molar refractivity (Wildman–Crippen MR) is 112 cm³/mol. The fourth-order valence-electron chi connectivity index (χ4n) is 3.30. The normalized spacial score (nSPS) is 18.5. The van der Waals surface area contributed by atoms with Crippen LogP contribution in [0.2, 0.25) is 5.02 Å². The molecule has 0 aromatic heterocycles. The lowest BCUT2D eigenvalue weighted by Crippen LogP contribution is -2.44. The molecule has 0 radical (unpaired) electrons. The molecule has 2 aliphatic heterocycles. The number of amides is 3. The molecule has 0 unspecified atom stereocenters. The topological polar surface area (TPSA) is 76.2 Å². The first-order valence-electron chi connectivity index (χ1n) is 9.48. The van der Waals surface area contributed by atoms with Crippen LogP contribution in [0, 0.1) is 0 Å². The molecular weight excluding hydrogens is 416 g/mol. The van der Waals surface area contributed by atoms with Gasteiger partial charge in [-0.25, -0.2) is 0 Å². The third-order valence-corrected chi connectivity index (χ3v) is 5.90. The number of piperidine rings is 1. The summed E-state index contributed by atoms with van der Waals surface area (Å²) in [7, 11) is 1.49. The Morgan fingerprint density at radius 2 is 1.97 bits per heavy atom. The summed E-state index contributed by atoms with van der Waals surface area (Å²) in [5.41, 5.74) is 0.604. The van der Waals surface area contributed by atoms with Gasteiger partial charge in [-0.1, -0.05) is 11.6 Å². The van der Waals surface area contributed by atoms with E-state index in [9.17, 15) is 14.4 Å². The number of nitrogens with zero attached hydrogens (tertiary/aromatic N) is 2. The van der Waals surface area contributed by atoms with Crippen molar-refractivity contribution in [3.05, 3.63) is 27.6 Å². The standard InChI is InChI=1S/C20H23ClN2O5S/c1-3-28-15-10-13(9-14(21)18(15)27-2)11-16-19(25)23(20(26)29-16)12-17(24)22-7-5-4-6-8-22/h9-11H,3-8,12H2,1-2H3/b16-11-. The van der Waals surface area contributed by atoms with Gasteiger partial charge in [0, 0.05) is 13.1 Å². The van der Waals surface area contributed by atoms with Crippen molar-refractivity contribution in [3.8, 4) is 11.5 Å². The molecule has 2 aliphatic rings. The molecule has 2 fully saturated rings. The summed E-state index contributed by atoms with van der Waals surface area (Å²) >= 11 is 7.06. The SMILES string of the molecule is CCOc1cc(/C=C2\SC(=O)N(CC(=O)N3CCCCC3)C2=O)cc(Cl)c1OC. The molecular formula is C20H23ClN2O5S. The molecule has 2 heterocycles. The van der Waals surface area contributed by atoms with Crippen molar-refractivity contribution in [1.82, 2.24) is 9.80 Å². The van der Waals surface area contributed by atoms with Crippen LogP contribution in [0.4, 0.5) is 4.79 Å². The first-order chi connectivity index (χ1) is 13.9. The van der Waals surface area contributed by atoms with Crippen LogP contribution in [0.5, 0.6) is 11.5 Å². The van der Waals surface area contributed by atoms with E-state index in [1.54, 1.807) is 23.1 Å². The second-order valence-electron chi connectivity index (χ2n) is 6.68. The Kier molecular flexibility index (Phi) is 7.08. The number of halogens is 1. The number of methoxy groups -OCH3 is 1. The highest BCUT2D eigenvalue weighted by molar-refractivity contribution is 8.18. The summed E-state index contributed by atoms with van der Waals surface area (Å²) in [5, 5.41) is -0.111. The molecule has 1 aromatic rings. The van der Waals surface area contributed by atoms with Gasteiger partial charge in [0.25, 0.3) is 11.1 Å². The number of hydrogen-bond donors (Lipinski definition) is 0. The molecule has 3 amide bonds. The van der Waals surface area contributed by atoms with Gasteiger partial charge in [0.1, 0.15) is 6.54 Å². The average molecular weight is 439 g/mol. The second kappa shape index (κ2) is 9.54. The van der Waals surface area contributed by atoms with E-state index in [-0.39, 0.29) is 17.4 Å². The van der Waals surface area contributed by atoms with E-state index in [2.05, 4.69) is 0 Å². The summed E-state index contributed by atoms with van der Waals surface area (Å²) < 4.78 is 10.8. The van der Waals surface area contributed by atoms with Crippen LogP contribution in [0.3, 0.4) is 0 Å². The molecule has 2 saturated heterocycles. The van der Waals surface area contributed by atoms with Gasteiger partial charge in [0.2, 0.25) is 5.91 Å². The van der Waals surface area contributed by atoms with E-state index in [4.69, 9.17) is 21.1 Å². The second-order valence-corrected chi connectivity index (χ2v) is 8.08. The van der Waals surface area contributed by atoms with Crippen molar-refractivity contribution in [3.63, 3.8) is 0 Å². The van der Waals surface area contributed by atoms with Crippen LogP contribution < -0.4 is 9.47 Å². The fraction of sp³-hybridized carbons (Fsp3) is 0.450. The van der Waals surface area contributed by atoms with Gasteiger partial charge in [-0.3, -0.25) is 19.3 Å². The summed E-state index contributed by atoms with van der Waals surface area (Å²) in [6, 6.07) is 3.33. The first-order valence-corrected chi connectivity index (χ1v) is 10.7. The van der Waals surface area contributed by atoms with Crippen molar-refractivity contribution in [1.29, 1.82) is 0 Å². The number of thioether (sulfide) groups is 1. The van der Waals surface area contributed by atoms with Gasteiger partial charge in [-0.2, -0.15) is 0 Å². The Labute approximate surface area is 178 Å². The lowest BCUT2D eigenvalue weighted by molar-refractivity contribution is -0.136. The summed E-state index contributed by atoms with van der Waals surface area (Å²) in [6.45, 7) is 3.39. The maximum absolute atomic E-state index is 12.7. The molecule has 7 nitrogen and oxygen atoms in total. The maximum atomic E-state index is 12.7. The van der Waals surface area contributed by atoms with Gasteiger partial charge < -0.3 is 14.4 Å². The number of imide groups is 1. The molecule has 0 spiro atoms. The summed E-state index contributed by atoms with van der Waals surface area (Å²) in [5.74, 6) is 0.189. The Balaban J connectivity index is 1.78. The maximum Gasteiger partial charge on any atom is 0.294 e. The quantitative estimate of drug-likeness (QED) is 0.629. The summed E-state index contributed by atoms with van der Waals surface area (Å²) in [4.78, 5) is 40.4. The van der Waals surface area contributed by atoms with Crippen molar-refractivity contribution in [2.45, 2.75) is 26.2 Å². The van der Waals surface area contributed by atoms with Crippen LogP contribution in [0.25, 0.3) is 6.08 Å². The molecule has 9 heteroatoms. The molecule has 1 aromatic carbocycles. The average Bonchev–Trinajstić information content (AvgIpc) is 2.96. The third kappa shape index (κ3) is 4.87. The highest BCUT2D eigenvalue weighted by Gasteiger charge is 2.37. The number of carbonyl (C=O) groups is 3. The van der Waals surface area contributed by atoms with Crippen molar-refractivity contribution in [2.75, 3.05) is 33.4 Å². The smallest absolute Gasteiger partial charge is 0.294 e. The van der Waals surface area contributed by atoms with Gasteiger partial charge in [-0.05, 0) is 61.7 Å². The van der Waals surface area contributed by atoms with Crippen LogP contribution in [0.1, 0.15) is 31.7 Å². The summed E-state index contributed by atoms with van der Waals surface area (Å²) in [6.07, 6.45) is 4.58. The van der Waals surface area contributed by atoms with E-state index in [1.165, 1.54) is 7.11 Å². The van der Waals surface area contributed by atoms with Crippen LogP contribution in [-0.4, -0.2) is 60.2 Å². The predicted octanol–water partition coefficient (Wildman–Crippen LogP) is 3.80. The number of likely N-dealkylation sites (tertiary alicyclic amines) is 1. The van der Waals surface area contributed by atoms with Crippen LogP contribution in [-0.2, 0) is 9.59 Å².